The first-order chi connectivity index (χ1) is 9.29. The Balaban J connectivity index is 2.41. The molecule has 0 atom stereocenters. The van der Waals surface area contributed by atoms with E-state index in [0.29, 0.717) is 10.2 Å². The molecule has 2 aromatic rings. The number of sulfonamides is 1. The maximum absolute atomic E-state index is 13.7. The first-order valence-corrected chi connectivity index (χ1v) is 7.98. The fourth-order valence-electron chi connectivity index (χ4n) is 1.51. The highest BCUT2D eigenvalue weighted by atomic mass is 79.9. The molecular formula is C12H9BrClFN2O2S. The first-order valence-electron chi connectivity index (χ1n) is 5.32. The van der Waals surface area contributed by atoms with Gasteiger partial charge in [0.05, 0.1) is 10.7 Å². The zero-order valence-corrected chi connectivity index (χ0v) is 13.1. The van der Waals surface area contributed by atoms with Crippen LogP contribution in [-0.2, 0) is 10.0 Å². The Bertz CT molecular complexity index is 768. The summed E-state index contributed by atoms with van der Waals surface area (Å²) in [5, 5.41) is -0.0324. The van der Waals surface area contributed by atoms with Gasteiger partial charge in [0.15, 0.2) is 0 Å². The van der Waals surface area contributed by atoms with Crippen molar-refractivity contribution in [1.82, 2.24) is 0 Å². The lowest BCUT2D eigenvalue weighted by Gasteiger charge is -2.10. The van der Waals surface area contributed by atoms with Crippen molar-refractivity contribution in [1.29, 1.82) is 0 Å². The first kappa shape index (κ1) is 15.1. The fraction of sp³-hybridized carbons (Fsp3) is 0. The van der Waals surface area contributed by atoms with Gasteiger partial charge in [-0.15, -0.1) is 0 Å². The number of hydrogen-bond donors (Lipinski definition) is 2. The summed E-state index contributed by atoms with van der Waals surface area (Å²) < 4.78 is 40.6. The normalized spacial score (nSPS) is 11.3. The van der Waals surface area contributed by atoms with E-state index in [1.165, 1.54) is 30.3 Å². The van der Waals surface area contributed by atoms with E-state index in [1.807, 2.05) is 0 Å². The number of nitrogen functional groups attached to an aromatic ring is 1. The van der Waals surface area contributed by atoms with Crippen LogP contribution in [-0.4, -0.2) is 8.42 Å². The molecule has 0 radical (unpaired) electrons. The Morgan fingerprint density at radius 1 is 1.20 bits per heavy atom. The van der Waals surface area contributed by atoms with Crippen molar-refractivity contribution in [3.63, 3.8) is 0 Å². The predicted molar refractivity (Wildman–Crippen MR) is 80.8 cm³/mol. The largest absolute Gasteiger partial charge is 0.399 e. The van der Waals surface area contributed by atoms with E-state index in [9.17, 15) is 12.8 Å². The van der Waals surface area contributed by atoms with Crippen LogP contribution in [0.5, 0.6) is 0 Å². The molecule has 2 aromatic carbocycles. The molecule has 0 spiro atoms. The van der Waals surface area contributed by atoms with Gasteiger partial charge in [0.25, 0.3) is 10.0 Å². The molecule has 20 heavy (non-hydrogen) atoms. The summed E-state index contributed by atoms with van der Waals surface area (Å²) in [6, 6.07) is 7.96. The zero-order chi connectivity index (χ0) is 14.9. The number of hydrogen-bond acceptors (Lipinski definition) is 3. The summed E-state index contributed by atoms with van der Waals surface area (Å²) in [7, 11) is -3.99. The number of halogens is 3. The lowest BCUT2D eigenvalue weighted by Crippen LogP contribution is -2.14. The minimum absolute atomic E-state index is 0.0324. The second kappa shape index (κ2) is 5.59. The number of nitrogens with one attached hydrogen (secondary N) is 1. The molecule has 0 saturated carbocycles. The molecule has 106 valence electrons. The Kier molecular flexibility index (Phi) is 4.22. The SMILES string of the molecule is Nc1ccc(S(=O)(=O)Nc2ccc(Br)cc2F)c(Cl)c1. The highest BCUT2D eigenvalue weighted by molar-refractivity contribution is 9.10. The molecule has 0 unspecified atom stereocenters. The topological polar surface area (TPSA) is 72.2 Å². The van der Waals surface area contributed by atoms with Crippen molar-refractivity contribution in [3.05, 3.63) is 51.7 Å². The van der Waals surface area contributed by atoms with E-state index in [1.54, 1.807) is 0 Å². The van der Waals surface area contributed by atoms with Crippen LogP contribution in [0.3, 0.4) is 0 Å². The minimum atomic E-state index is -3.99. The molecule has 0 fully saturated rings. The third-order valence-electron chi connectivity index (χ3n) is 2.42. The van der Waals surface area contributed by atoms with Crippen molar-refractivity contribution in [2.24, 2.45) is 0 Å². The van der Waals surface area contributed by atoms with Crippen molar-refractivity contribution in [2.45, 2.75) is 4.90 Å². The van der Waals surface area contributed by atoms with Crippen molar-refractivity contribution < 1.29 is 12.8 Å². The average Bonchev–Trinajstić information content (AvgIpc) is 2.32. The van der Waals surface area contributed by atoms with Gasteiger partial charge in [-0.3, -0.25) is 4.72 Å². The minimum Gasteiger partial charge on any atom is -0.399 e. The van der Waals surface area contributed by atoms with Crippen LogP contribution < -0.4 is 10.5 Å². The fourth-order valence-corrected chi connectivity index (χ4v) is 3.46. The lowest BCUT2D eigenvalue weighted by molar-refractivity contribution is 0.598. The van der Waals surface area contributed by atoms with Gasteiger partial charge in [-0.2, -0.15) is 0 Å². The van der Waals surface area contributed by atoms with Crippen LogP contribution in [0.25, 0.3) is 0 Å². The van der Waals surface area contributed by atoms with Crippen LogP contribution in [0.2, 0.25) is 5.02 Å². The summed E-state index contributed by atoms with van der Waals surface area (Å²) in [5.74, 6) is -0.700. The molecular weight excluding hydrogens is 371 g/mol. The molecule has 0 saturated heterocycles. The van der Waals surface area contributed by atoms with Gasteiger partial charge < -0.3 is 5.73 Å². The van der Waals surface area contributed by atoms with Crippen LogP contribution in [0, 0.1) is 5.82 Å². The van der Waals surface area contributed by atoms with Crippen LogP contribution in [0.1, 0.15) is 0 Å². The maximum atomic E-state index is 13.7. The molecule has 4 nitrogen and oxygen atoms in total. The summed E-state index contributed by atoms with van der Waals surface area (Å²) in [6.07, 6.45) is 0. The number of nitrogens with two attached hydrogens (primary N) is 1. The van der Waals surface area contributed by atoms with Gasteiger partial charge >= 0.3 is 0 Å². The van der Waals surface area contributed by atoms with Crippen LogP contribution in [0.4, 0.5) is 15.8 Å². The third-order valence-corrected chi connectivity index (χ3v) is 4.76. The quantitative estimate of drug-likeness (QED) is 0.800. The van der Waals surface area contributed by atoms with Crippen molar-refractivity contribution in [3.8, 4) is 0 Å². The Labute approximate surface area is 128 Å². The van der Waals surface area contributed by atoms with E-state index < -0.39 is 15.8 Å². The molecule has 3 N–H and O–H groups in total. The number of rotatable bonds is 3. The van der Waals surface area contributed by atoms with Crippen LogP contribution in [0.15, 0.2) is 45.8 Å². The molecule has 0 aromatic heterocycles. The molecule has 0 aliphatic rings. The summed E-state index contributed by atoms with van der Waals surface area (Å²) in [6.45, 7) is 0. The van der Waals surface area contributed by atoms with Gasteiger partial charge in [-0.25, -0.2) is 12.8 Å². The molecule has 0 amide bonds. The molecule has 0 aliphatic carbocycles. The van der Waals surface area contributed by atoms with E-state index in [2.05, 4.69) is 20.7 Å². The second-order valence-electron chi connectivity index (χ2n) is 3.92. The summed E-state index contributed by atoms with van der Waals surface area (Å²) >= 11 is 8.93. The van der Waals surface area contributed by atoms with Gasteiger partial charge in [-0.05, 0) is 36.4 Å². The van der Waals surface area contributed by atoms with E-state index in [0.717, 1.165) is 6.07 Å². The van der Waals surface area contributed by atoms with Crippen LogP contribution >= 0.6 is 27.5 Å². The van der Waals surface area contributed by atoms with E-state index in [-0.39, 0.29) is 15.6 Å². The highest BCUT2D eigenvalue weighted by Crippen LogP contribution is 2.27. The Morgan fingerprint density at radius 2 is 1.90 bits per heavy atom. The molecule has 0 aliphatic heterocycles. The maximum Gasteiger partial charge on any atom is 0.263 e. The second-order valence-corrected chi connectivity index (χ2v) is 6.89. The number of benzene rings is 2. The standard InChI is InChI=1S/C12H9BrClFN2O2S/c13-7-1-3-11(10(15)5-7)17-20(18,19)12-4-2-8(16)6-9(12)14/h1-6,17H,16H2. The molecule has 0 bridgehead atoms. The van der Waals surface area contributed by atoms with Gasteiger partial charge in [-0.1, -0.05) is 27.5 Å². The number of anilines is 2. The van der Waals surface area contributed by atoms with Crippen molar-refractivity contribution in [2.75, 3.05) is 10.5 Å². The lowest BCUT2D eigenvalue weighted by atomic mass is 10.3. The monoisotopic (exact) mass is 378 g/mol. The molecule has 0 heterocycles. The zero-order valence-electron chi connectivity index (χ0n) is 9.90. The van der Waals surface area contributed by atoms with E-state index >= 15 is 0 Å². The third kappa shape index (κ3) is 3.23. The highest BCUT2D eigenvalue weighted by Gasteiger charge is 2.19. The molecule has 8 heteroatoms. The van der Waals surface area contributed by atoms with Gasteiger partial charge in [0, 0.05) is 10.2 Å². The molecule has 2 rings (SSSR count). The van der Waals surface area contributed by atoms with Crippen molar-refractivity contribution >= 4 is 48.9 Å². The average molecular weight is 380 g/mol. The Morgan fingerprint density at radius 3 is 2.50 bits per heavy atom. The van der Waals surface area contributed by atoms with Gasteiger partial charge in [0.2, 0.25) is 0 Å². The summed E-state index contributed by atoms with van der Waals surface area (Å²) in [5.41, 5.74) is 5.67. The summed E-state index contributed by atoms with van der Waals surface area (Å²) in [4.78, 5) is -0.171. The predicted octanol–water partition coefficient (Wildman–Crippen LogP) is 3.62. The van der Waals surface area contributed by atoms with Gasteiger partial charge in [0.1, 0.15) is 10.7 Å². The van der Waals surface area contributed by atoms with E-state index in [4.69, 9.17) is 17.3 Å². The smallest absolute Gasteiger partial charge is 0.263 e. The Hall–Kier alpha value is -1.31.